The monoisotopic (exact) mass is 630 g/mol. The highest BCUT2D eigenvalue weighted by Crippen LogP contribution is 2.32. The van der Waals surface area contributed by atoms with Crippen molar-refractivity contribution in [3.63, 3.8) is 0 Å². The highest BCUT2D eigenvalue weighted by atomic mass is 19.4. The average molecular weight is 631 g/mol. The Morgan fingerprint density at radius 2 is 1.80 bits per heavy atom. The number of aliphatic hydroxyl groups excluding tert-OH is 2. The summed E-state index contributed by atoms with van der Waals surface area (Å²) in [5.74, 6) is 1.32. The summed E-state index contributed by atoms with van der Waals surface area (Å²) in [6.45, 7) is 2.85. The minimum Gasteiger partial charge on any atom is -0.490 e. The van der Waals surface area contributed by atoms with Crippen molar-refractivity contribution in [3.8, 4) is 18.1 Å². The Kier molecular flexibility index (Phi) is 11.1. The van der Waals surface area contributed by atoms with Crippen LogP contribution in [0, 0.1) is 18.3 Å². The van der Waals surface area contributed by atoms with Crippen LogP contribution in [-0.4, -0.2) is 101 Å². The van der Waals surface area contributed by atoms with E-state index in [1.807, 2.05) is 40.5 Å². The number of benzene rings is 2. The number of rotatable bonds is 11. The van der Waals surface area contributed by atoms with E-state index in [0.717, 1.165) is 5.56 Å². The molecule has 4 rings (SSSR count). The number of para-hydroxylation sites is 1. The number of carbonyl (C=O) groups excluding carboxylic acids is 2. The molecule has 5 atom stereocenters. The molecular formula is C33H41F3N4O5. The molecule has 244 valence electrons. The summed E-state index contributed by atoms with van der Waals surface area (Å²) in [6.07, 6.45) is -0.669. The maximum Gasteiger partial charge on any atom is 0.405 e. The van der Waals surface area contributed by atoms with E-state index >= 15 is 0 Å². The van der Waals surface area contributed by atoms with Crippen LogP contribution in [0.15, 0.2) is 54.6 Å². The van der Waals surface area contributed by atoms with Gasteiger partial charge < -0.3 is 25.6 Å². The first-order chi connectivity index (χ1) is 21.3. The van der Waals surface area contributed by atoms with Crippen LogP contribution < -0.4 is 15.4 Å². The number of fused-ring (bicyclic) bond motifs is 1. The first-order valence-corrected chi connectivity index (χ1v) is 15.0. The molecule has 1 saturated heterocycles. The average Bonchev–Trinajstić information content (AvgIpc) is 3.01. The van der Waals surface area contributed by atoms with E-state index in [9.17, 15) is 33.0 Å². The summed E-state index contributed by atoms with van der Waals surface area (Å²) in [5.41, 5.74) is 0.774. The number of carbonyl (C=O) groups is 2. The summed E-state index contributed by atoms with van der Waals surface area (Å²) in [7, 11) is 0. The number of ether oxygens (including phenoxy) is 1. The Morgan fingerprint density at radius 3 is 2.49 bits per heavy atom. The van der Waals surface area contributed by atoms with E-state index in [1.165, 1.54) is 0 Å². The third kappa shape index (κ3) is 9.20. The molecule has 2 aliphatic heterocycles. The molecule has 0 unspecified atom stereocenters. The van der Waals surface area contributed by atoms with Crippen LogP contribution in [0.5, 0.6) is 5.75 Å². The van der Waals surface area contributed by atoms with Crippen LogP contribution in [-0.2, 0) is 16.0 Å². The molecule has 0 aromatic heterocycles. The molecule has 0 radical (unpaired) electrons. The van der Waals surface area contributed by atoms with Crippen LogP contribution in [0.1, 0.15) is 37.4 Å². The number of hydrogen-bond donors (Lipinski definition) is 4. The minimum absolute atomic E-state index is 0.00812. The summed E-state index contributed by atoms with van der Waals surface area (Å²) >= 11 is 0. The number of amides is 2. The van der Waals surface area contributed by atoms with Crippen molar-refractivity contribution in [2.75, 3.05) is 39.3 Å². The Balaban J connectivity index is 1.50. The van der Waals surface area contributed by atoms with Gasteiger partial charge in [0.15, 0.2) is 0 Å². The van der Waals surface area contributed by atoms with Gasteiger partial charge in [-0.15, -0.1) is 6.42 Å². The number of nitrogens with one attached hydrogen (secondary N) is 2. The van der Waals surface area contributed by atoms with Crippen molar-refractivity contribution >= 4 is 11.8 Å². The second-order valence-electron chi connectivity index (χ2n) is 12.2. The molecule has 2 aliphatic rings. The van der Waals surface area contributed by atoms with Gasteiger partial charge in [0.2, 0.25) is 11.8 Å². The van der Waals surface area contributed by atoms with E-state index in [1.54, 1.807) is 43.0 Å². The summed E-state index contributed by atoms with van der Waals surface area (Å²) in [5, 5.41) is 26.9. The molecule has 0 bridgehead atoms. The molecule has 2 amide bonds. The zero-order chi connectivity index (χ0) is 32.8. The van der Waals surface area contributed by atoms with Crippen molar-refractivity contribution < 1.29 is 37.7 Å². The Morgan fingerprint density at radius 1 is 1.11 bits per heavy atom. The number of nitrogens with zero attached hydrogens (tertiary/aromatic N) is 2. The normalized spacial score (nSPS) is 22.3. The molecule has 2 heterocycles. The molecule has 4 N–H and O–H groups in total. The zero-order valence-corrected chi connectivity index (χ0v) is 25.5. The van der Waals surface area contributed by atoms with E-state index in [0.29, 0.717) is 24.3 Å². The molecule has 12 heteroatoms. The number of alkyl halides is 3. The number of terminal acetylenes is 1. The van der Waals surface area contributed by atoms with Crippen LogP contribution in [0.3, 0.4) is 0 Å². The fourth-order valence-electron chi connectivity index (χ4n) is 5.84. The van der Waals surface area contributed by atoms with Crippen LogP contribution in [0.2, 0.25) is 0 Å². The number of halogens is 3. The molecule has 0 spiro atoms. The number of aliphatic hydroxyl groups is 2. The largest absolute Gasteiger partial charge is 0.490 e. The molecule has 45 heavy (non-hydrogen) atoms. The van der Waals surface area contributed by atoms with Crippen molar-refractivity contribution in [2.24, 2.45) is 5.92 Å². The van der Waals surface area contributed by atoms with Gasteiger partial charge in [-0.1, -0.05) is 54.5 Å². The first kappa shape index (κ1) is 34.2. The second-order valence-corrected chi connectivity index (χ2v) is 12.2. The summed E-state index contributed by atoms with van der Waals surface area (Å²) < 4.78 is 44.4. The third-order valence-corrected chi connectivity index (χ3v) is 8.44. The van der Waals surface area contributed by atoms with Gasteiger partial charge in [-0.2, -0.15) is 13.2 Å². The van der Waals surface area contributed by atoms with Gasteiger partial charge in [-0.05, 0) is 38.3 Å². The van der Waals surface area contributed by atoms with E-state index in [-0.39, 0.29) is 38.6 Å². The molecule has 2 aromatic carbocycles. The van der Waals surface area contributed by atoms with Gasteiger partial charge in [0.25, 0.3) is 0 Å². The SMILES string of the molecule is C#CC(C)(C)N1CCN(C[C@@H](O)C[C@@H](Cc2ccccc2)C(=O)N[C@H]2c3ccccc3OC[C@H]2O)[C@H](C(=O)NCC(F)(F)F)C1. The van der Waals surface area contributed by atoms with Crippen molar-refractivity contribution in [2.45, 2.75) is 62.7 Å². The van der Waals surface area contributed by atoms with Crippen molar-refractivity contribution in [3.05, 3.63) is 65.7 Å². The third-order valence-electron chi connectivity index (χ3n) is 8.44. The lowest BCUT2D eigenvalue weighted by Crippen LogP contribution is -2.64. The summed E-state index contributed by atoms with van der Waals surface area (Å²) in [6, 6.07) is 14.7. The minimum atomic E-state index is -4.58. The number of hydrogen-bond acceptors (Lipinski definition) is 7. The fourth-order valence-corrected chi connectivity index (χ4v) is 5.84. The fraction of sp³-hybridized carbons (Fsp3) is 0.515. The van der Waals surface area contributed by atoms with Crippen LogP contribution in [0.25, 0.3) is 0 Å². The van der Waals surface area contributed by atoms with E-state index in [4.69, 9.17) is 11.2 Å². The molecule has 9 nitrogen and oxygen atoms in total. The highest BCUT2D eigenvalue weighted by molar-refractivity contribution is 5.82. The second kappa shape index (κ2) is 14.6. The molecule has 2 aromatic rings. The number of β-amino-alcohol motifs (C(OH)–C–C–N with tert-alkyl or cyclic N) is 1. The lowest BCUT2D eigenvalue weighted by Gasteiger charge is -2.46. The van der Waals surface area contributed by atoms with Gasteiger partial charge in [0, 0.05) is 37.7 Å². The van der Waals surface area contributed by atoms with Crippen molar-refractivity contribution in [1.82, 2.24) is 20.4 Å². The maximum atomic E-state index is 13.8. The lowest BCUT2D eigenvalue weighted by molar-refractivity contribution is -0.144. The van der Waals surface area contributed by atoms with E-state index < -0.39 is 54.4 Å². The van der Waals surface area contributed by atoms with Gasteiger partial charge in [-0.25, -0.2) is 0 Å². The van der Waals surface area contributed by atoms with E-state index in [2.05, 4.69) is 11.2 Å². The Hall–Kier alpha value is -3.63. The predicted molar refractivity (Wildman–Crippen MR) is 162 cm³/mol. The Bertz CT molecular complexity index is 1350. The zero-order valence-electron chi connectivity index (χ0n) is 25.5. The van der Waals surface area contributed by atoms with Gasteiger partial charge in [-0.3, -0.25) is 19.4 Å². The summed E-state index contributed by atoms with van der Waals surface area (Å²) in [4.78, 5) is 30.3. The molecule has 0 aliphatic carbocycles. The first-order valence-electron chi connectivity index (χ1n) is 15.0. The standard InChI is InChI=1S/C33H41F3N4O5/c1-4-32(2,3)40-15-14-39(26(19-40)31(44)37-21-33(34,35)36)18-24(41)17-23(16-22-10-6-5-7-11-22)30(43)38-29-25-12-8-9-13-28(25)45-20-27(29)42/h1,5-13,23-24,26-27,29,41-42H,14-21H2,2-3H3,(H,37,44)(H,38,43)/t23-,24+,26+,27-,29+/m1/s1. The highest BCUT2D eigenvalue weighted by Gasteiger charge is 2.40. The Labute approximate surface area is 261 Å². The van der Waals surface area contributed by atoms with Gasteiger partial charge in [0.05, 0.1) is 17.7 Å². The van der Waals surface area contributed by atoms with Gasteiger partial charge in [0.1, 0.15) is 31.0 Å². The molecule has 0 saturated carbocycles. The lowest BCUT2D eigenvalue weighted by atomic mass is 9.90. The van der Waals surface area contributed by atoms with Crippen molar-refractivity contribution in [1.29, 1.82) is 0 Å². The molecular weight excluding hydrogens is 589 g/mol. The topological polar surface area (TPSA) is 114 Å². The van der Waals surface area contributed by atoms with Gasteiger partial charge >= 0.3 is 6.18 Å². The smallest absolute Gasteiger partial charge is 0.405 e. The van der Waals surface area contributed by atoms with Crippen LogP contribution in [0.4, 0.5) is 13.2 Å². The number of piperazine rings is 1. The quantitative estimate of drug-likeness (QED) is 0.282. The predicted octanol–water partition coefficient (Wildman–Crippen LogP) is 2.28. The maximum absolute atomic E-state index is 13.8. The molecule has 1 fully saturated rings. The van der Waals surface area contributed by atoms with Crippen LogP contribution >= 0.6 is 0 Å².